The van der Waals surface area contributed by atoms with Gasteiger partial charge in [0.15, 0.2) is 0 Å². The number of nitrogens with zero attached hydrogens (tertiary/aromatic N) is 3. The van der Waals surface area contributed by atoms with Gasteiger partial charge in [-0.1, -0.05) is 13.3 Å². The van der Waals surface area contributed by atoms with Crippen LogP contribution in [0.5, 0.6) is 0 Å². The number of carbonyl (C=O) groups excluding carboxylic acids is 1. The molecule has 0 saturated heterocycles. The van der Waals surface area contributed by atoms with Gasteiger partial charge in [0.05, 0.1) is 5.56 Å². The van der Waals surface area contributed by atoms with Crippen LogP contribution in [0, 0.1) is 0 Å². The minimum absolute atomic E-state index is 0.0758. The molecule has 0 fully saturated rings. The summed E-state index contributed by atoms with van der Waals surface area (Å²) in [4.78, 5) is 19.9. The molecule has 1 amide bonds. The van der Waals surface area contributed by atoms with Crippen LogP contribution in [-0.2, 0) is 0 Å². The highest BCUT2D eigenvalue weighted by molar-refractivity contribution is 5.93. The van der Waals surface area contributed by atoms with Crippen LogP contribution < -0.4 is 5.32 Å². The molecule has 0 aliphatic carbocycles. The molecule has 2 heterocycles. The molecular formula is C13H16N4O. The third kappa shape index (κ3) is 2.94. The average Bonchev–Trinajstić information content (AvgIpc) is 2.93. The first-order valence-corrected chi connectivity index (χ1v) is 6.04. The second-order valence-corrected chi connectivity index (χ2v) is 3.98. The third-order valence-electron chi connectivity index (χ3n) is 2.59. The molecule has 0 atom stereocenters. The van der Waals surface area contributed by atoms with Gasteiger partial charge in [-0.15, -0.1) is 0 Å². The molecule has 0 unspecified atom stereocenters. The Hall–Kier alpha value is -2.17. The topological polar surface area (TPSA) is 59.8 Å². The molecule has 0 spiro atoms. The molecule has 94 valence electrons. The number of amides is 1. The molecule has 2 aromatic rings. The Balaban J connectivity index is 2.01. The Morgan fingerprint density at radius 2 is 2.33 bits per heavy atom. The SMILES string of the molecule is CCCCNC(=O)c1ccc(-n2ccnc2)nc1. The van der Waals surface area contributed by atoms with E-state index in [1.54, 1.807) is 35.4 Å². The summed E-state index contributed by atoms with van der Waals surface area (Å²) in [5.41, 5.74) is 0.579. The number of carbonyl (C=O) groups is 1. The molecule has 5 nitrogen and oxygen atoms in total. The standard InChI is InChI=1S/C13H16N4O/c1-2-3-6-15-13(18)11-4-5-12(16-9-11)17-8-7-14-10-17/h4-5,7-10H,2-3,6H2,1H3,(H,15,18). The Labute approximate surface area is 106 Å². The molecular weight excluding hydrogens is 228 g/mol. The van der Waals surface area contributed by atoms with Gasteiger partial charge in [-0.2, -0.15) is 0 Å². The number of pyridine rings is 1. The van der Waals surface area contributed by atoms with E-state index >= 15 is 0 Å². The largest absolute Gasteiger partial charge is 0.352 e. The van der Waals surface area contributed by atoms with Gasteiger partial charge in [-0.05, 0) is 18.6 Å². The van der Waals surface area contributed by atoms with Crippen LogP contribution in [0.25, 0.3) is 5.82 Å². The van der Waals surface area contributed by atoms with E-state index in [9.17, 15) is 4.79 Å². The monoisotopic (exact) mass is 244 g/mol. The molecule has 5 heteroatoms. The molecule has 0 radical (unpaired) electrons. The van der Waals surface area contributed by atoms with Crippen molar-refractivity contribution in [3.05, 3.63) is 42.6 Å². The summed E-state index contributed by atoms with van der Waals surface area (Å²) in [7, 11) is 0. The predicted molar refractivity (Wildman–Crippen MR) is 68.6 cm³/mol. The average molecular weight is 244 g/mol. The van der Waals surface area contributed by atoms with Gasteiger partial charge in [-0.3, -0.25) is 9.36 Å². The highest BCUT2D eigenvalue weighted by atomic mass is 16.1. The molecule has 0 bridgehead atoms. The first-order valence-electron chi connectivity index (χ1n) is 6.04. The number of hydrogen-bond acceptors (Lipinski definition) is 3. The highest BCUT2D eigenvalue weighted by Crippen LogP contribution is 2.05. The Morgan fingerprint density at radius 3 is 2.94 bits per heavy atom. The molecule has 0 saturated carbocycles. The number of imidazole rings is 1. The maximum absolute atomic E-state index is 11.7. The van der Waals surface area contributed by atoms with Gasteiger partial charge in [0, 0.05) is 25.1 Å². The van der Waals surface area contributed by atoms with Crippen LogP contribution in [-0.4, -0.2) is 27.0 Å². The molecule has 0 aromatic carbocycles. The lowest BCUT2D eigenvalue weighted by molar-refractivity contribution is 0.0953. The highest BCUT2D eigenvalue weighted by Gasteiger charge is 2.05. The fourth-order valence-corrected chi connectivity index (χ4v) is 1.55. The van der Waals surface area contributed by atoms with E-state index in [2.05, 4.69) is 22.2 Å². The second-order valence-electron chi connectivity index (χ2n) is 3.98. The van der Waals surface area contributed by atoms with Gasteiger partial charge in [0.25, 0.3) is 5.91 Å². The van der Waals surface area contributed by atoms with E-state index in [1.165, 1.54) is 0 Å². The van der Waals surface area contributed by atoms with Gasteiger partial charge in [-0.25, -0.2) is 9.97 Å². The molecule has 2 rings (SSSR count). The molecule has 2 aromatic heterocycles. The van der Waals surface area contributed by atoms with Crippen LogP contribution in [0.3, 0.4) is 0 Å². The van der Waals surface area contributed by atoms with Crippen molar-refractivity contribution in [1.82, 2.24) is 19.9 Å². The lowest BCUT2D eigenvalue weighted by atomic mass is 10.2. The summed E-state index contributed by atoms with van der Waals surface area (Å²) in [6.07, 6.45) is 8.81. The van der Waals surface area contributed by atoms with Crippen LogP contribution in [0.2, 0.25) is 0 Å². The first kappa shape index (κ1) is 12.3. The van der Waals surface area contributed by atoms with E-state index in [4.69, 9.17) is 0 Å². The summed E-state index contributed by atoms with van der Waals surface area (Å²) in [5, 5.41) is 2.86. The van der Waals surface area contributed by atoms with Crippen molar-refractivity contribution < 1.29 is 4.79 Å². The van der Waals surface area contributed by atoms with Crippen molar-refractivity contribution in [2.24, 2.45) is 0 Å². The summed E-state index contributed by atoms with van der Waals surface area (Å²) >= 11 is 0. The van der Waals surface area contributed by atoms with Gasteiger partial charge < -0.3 is 5.32 Å². The lowest BCUT2D eigenvalue weighted by Crippen LogP contribution is -2.24. The number of nitrogens with one attached hydrogen (secondary N) is 1. The molecule has 18 heavy (non-hydrogen) atoms. The van der Waals surface area contributed by atoms with E-state index in [1.807, 2.05) is 6.20 Å². The normalized spacial score (nSPS) is 10.3. The Bertz CT molecular complexity index is 490. The van der Waals surface area contributed by atoms with Gasteiger partial charge in [0.1, 0.15) is 12.1 Å². The fourth-order valence-electron chi connectivity index (χ4n) is 1.55. The number of aromatic nitrogens is 3. The smallest absolute Gasteiger partial charge is 0.252 e. The zero-order chi connectivity index (χ0) is 12.8. The quantitative estimate of drug-likeness (QED) is 0.816. The van der Waals surface area contributed by atoms with Crippen molar-refractivity contribution in [2.45, 2.75) is 19.8 Å². The summed E-state index contributed by atoms with van der Waals surface area (Å²) < 4.78 is 1.79. The van der Waals surface area contributed by atoms with Crippen molar-refractivity contribution in [3.63, 3.8) is 0 Å². The first-order chi connectivity index (χ1) is 8.81. The van der Waals surface area contributed by atoms with E-state index < -0.39 is 0 Å². The zero-order valence-corrected chi connectivity index (χ0v) is 10.3. The second kappa shape index (κ2) is 5.95. The molecule has 0 aliphatic heterocycles. The maximum Gasteiger partial charge on any atom is 0.252 e. The number of hydrogen-bond donors (Lipinski definition) is 1. The Kier molecular flexibility index (Phi) is 4.06. The fraction of sp³-hybridized carbons (Fsp3) is 0.308. The number of unbranched alkanes of at least 4 members (excludes halogenated alkanes) is 1. The van der Waals surface area contributed by atoms with Crippen LogP contribution in [0.1, 0.15) is 30.1 Å². The van der Waals surface area contributed by atoms with Crippen molar-refractivity contribution >= 4 is 5.91 Å². The van der Waals surface area contributed by atoms with Crippen LogP contribution in [0.15, 0.2) is 37.1 Å². The lowest BCUT2D eigenvalue weighted by Gasteiger charge is -2.05. The third-order valence-corrected chi connectivity index (χ3v) is 2.59. The van der Waals surface area contributed by atoms with Gasteiger partial charge >= 0.3 is 0 Å². The summed E-state index contributed by atoms with van der Waals surface area (Å²) in [6, 6.07) is 3.57. The van der Waals surface area contributed by atoms with Gasteiger partial charge in [0.2, 0.25) is 0 Å². The van der Waals surface area contributed by atoms with Crippen molar-refractivity contribution in [3.8, 4) is 5.82 Å². The molecule has 0 aliphatic rings. The van der Waals surface area contributed by atoms with E-state index in [0.29, 0.717) is 12.1 Å². The zero-order valence-electron chi connectivity index (χ0n) is 10.3. The Morgan fingerprint density at radius 1 is 1.44 bits per heavy atom. The van der Waals surface area contributed by atoms with Crippen molar-refractivity contribution in [1.29, 1.82) is 0 Å². The minimum Gasteiger partial charge on any atom is -0.352 e. The van der Waals surface area contributed by atoms with Crippen LogP contribution in [0.4, 0.5) is 0 Å². The summed E-state index contributed by atoms with van der Waals surface area (Å²) in [6.45, 7) is 2.80. The van der Waals surface area contributed by atoms with Crippen molar-refractivity contribution in [2.75, 3.05) is 6.54 Å². The van der Waals surface area contributed by atoms with Crippen LogP contribution >= 0.6 is 0 Å². The molecule has 1 N–H and O–H groups in total. The number of rotatable bonds is 5. The van der Waals surface area contributed by atoms with E-state index in [-0.39, 0.29) is 5.91 Å². The maximum atomic E-state index is 11.7. The predicted octanol–water partition coefficient (Wildman–Crippen LogP) is 1.80. The van der Waals surface area contributed by atoms with E-state index in [0.717, 1.165) is 18.7 Å². The minimum atomic E-state index is -0.0758. The summed E-state index contributed by atoms with van der Waals surface area (Å²) in [5.74, 6) is 0.672.